The summed E-state index contributed by atoms with van der Waals surface area (Å²) in [7, 11) is 1.68. The Morgan fingerprint density at radius 1 is 1.33 bits per heavy atom. The van der Waals surface area contributed by atoms with E-state index in [1.807, 2.05) is 0 Å². The fraction of sp³-hybridized carbons (Fsp3) is 0.333. The van der Waals surface area contributed by atoms with Crippen LogP contribution in [-0.2, 0) is 11.2 Å². The van der Waals surface area contributed by atoms with Gasteiger partial charge in [0.2, 0.25) is 0 Å². The maximum absolute atomic E-state index is 12.1. The van der Waals surface area contributed by atoms with Crippen molar-refractivity contribution in [2.24, 2.45) is 0 Å². The van der Waals surface area contributed by atoms with E-state index in [0.717, 1.165) is 0 Å². The van der Waals surface area contributed by atoms with Crippen LogP contribution in [0, 0.1) is 6.92 Å². The van der Waals surface area contributed by atoms with Crippen LogP contribution in [0.15, 0.2) is 29.1 Å². The van der Waals surface area contributed by atoms with Crippen molar-refractivity contribution in [3.8, 4) is 5.75 Å². The molecule has 0 radical (unpaired) electrons. The molecule has 1 aliphatic heterocycles. The molecule has 0 fully saturated rings. The number of nitrogens with one attached hydrogen (secondary N) is 3. The highest BCUT2D eigenvalue weighted by Crippen LogP contribution is 2.35. The van der Waals surface area contributed by atoms with Gasteiger partial charge in [-0.3, -0.25) is 9.59 Å². The first-order valence-electron chi connectivity index (χ1n) is 8.53. The second-order valence-electron chi connectivity index (χ2n) is 6.29. The molecule has 1 aromatic carbocycles. The Balaban J connectivity index is 1.57. The van der Waals surface area contributed by atoms with Crippen molar-refractivity contribution in [3.05, 3.63) is 46.1 Å². The van der Waals surface area contributed by atoms with Gasteiger partial charge in [-0.25, -0.2) is 9.78 Å². The number of aromatic amines is 1. The molecule has 1 atom stereocenters. The first kappa shape index (κ1) is 18.4. The van der Waals surface area contributed by atoms with Crippen LogP contribution in [0.5, 0.6) is 5.75 Å². The molecule has 3 amide bonds. The molecule has 1 aromatic heterocycles. The molecule has 9 heteroatoms. The zero-order valence-electron chi connectivity index (χ0n) is 15.3. The Morgan fingerprint density at radius 2 is 2.11 bits per heavy atom. The standard InChI is InChI=1S/C18H21N5O4/c1-10-17(25)23(3)14-5-4-12(8-15(14)27-10)22-18(26)19-7-6-13-9-16(24)21-11(2)20-13/h4-5,8-10H,6-7H2,1-3H3,(H2,19,22,26)(H,20,21,24)/t10-/m0/s1. The van der Waals surface area contributed by atoms with Gasteiger partial charge < -0.3 is 25.3 Å². The summed E-state index contributed by atoms with van der Waals surface area (Å²) in [6.45, 7) is 3.71. The number of H-pyrrole nitrogens is 1. The van der Waals surface area contributed by atoms with Gasteiger partial charge in [-0.15, -0.1) is 0 Å². The van der Waals surface area contributed by atoms with Crippen LogP contribution in [0.3, 0.4) is 0 Å². The molecule has 0 saturated heterocycles. The minimum Gasteiger partial charge on any atom is -0.479 e. The molecule has 2 aromatic rings. The van der Waals surface area contributed by atoms with E-state index in [2.05, 4.69) is 20.6 Å². The number of rotatable bonds is 4. The lowest BCUT2D eigenvalue weighted by Crippen LogP contribution is -2.42. The summed E-state index contributed by atoms with van der Waals surface area (Å²) < 4.78 is 5.59. The van der Waals surface area contributed by atoms with Gasteiger partial charge in [-0.05, 0) is 26.0 Å². The molecule has 2 heterocycles. The van der Waals surface area contributed by atoms with Crippen molar-refractivity contribution in [2.45, 2.75) is 26.4 Å². The van der Waals surface area contributed by atoms with Crippen LogP contribution in [0.25, 0.3) is 0 Å². The highest BCUT2D eigenvalue weighted by molar-refractivity contribution is 6.00. The molecule has 0 bridgehead atoms. The van der Waals surface area contributed by atoms with Crippen LogP contribution in [-0.4, -0.2) is 41.6 Å². The molecule has 0 saturated carbocycles. The van der Waals surface area contributed by atoms with Crippen molar-refractivity contribution in [2.75, 3.05) is 23.8 Å². The summed E-state index contributed by atoms with van der Waals surface area (Å²) in [5.74, 6) is 0.948. The largest absolute Gasteiger partial charge is 0.479 e. The van der Waals surface area contributed by atoms with E-state index >= 15 is 0 Å². The number of likely N-dealkylation sites (N-methyl/N-ethyl adjacent to an activating group) is 1. The number of ether oxygens (including phenoxy) is 1. The van der Waals surface area contributed by atoms with Gasteiger partial charge in [0.15, 0.2) is 6.10 Å². The Bertz CT molecular complexity index is 940. The van der Waals surface area contributed by atoms with E-state index in [1.165, 1.54) is 11.0 Å². The summed E-state index contributed by atoms with van der Waals surface area (Å²) in [5.41, 5.74) is 1.60. The van der Waals surface area contributed by atoms with E-state index < -0.39 is 6.10 Å². The summed E-state index contributed by atoms with van der Waals surface area (Å²) >= 11 is 0. The Kier molecular flexibility index (Phi) is 5.11. The van der Waals surface area contributed by atoms with Crippen LogP contribution in [0.1, 0.15) is 18.4 Å². The predicted molar refractivity (Wildman–Crippen MR) is 100 cm³/mol. The third-order valence-electron chi connectivity index (χ3n) is 4.14. The number of aryl methyl sites for hydroxylation is 1. The van der Waals surface area contributed by atoms with E-state index in [-0.39, 0.29) is 17.5 Å². The van der Waals surface area contributed by atoms with Gasteiger partial charge in [-0.1, -0.05) is 0 Å². The third kappa shape index (κ3) is 4.25. The minimum atomic E-state index is -0.573. The normalized spacial score (nSPS) is 15.7. The number of hydrogen-bond acceptors (Lipinski definition) is 5. The van der Waals surface area contributed by atoms with Gasteiger partial charge in [0.25, 0.3) is 11.5 Å². The van der Waals surface area contributed by atoms with Crippen LogP contribution >= 0.6 is 0 Å². The monoisotopic (exact) mass is 371 g/mol. The maximum Gasteiger partial charge on any atom is 0.319 e. The molecule has 3 N–H and O–H groups in total. The maximum atomic E-state index is 12.1. The van der Waals surface area contributed by atoms with Gasteiger partial charge in [0.1, 0.15) is 11.6 Å². The van der Waals surface area contributed by atoms with E-state index in [9.17, 15) is 14.4 Å². The lowest BCUT2D eigenvalue weighted by Gasteiger charge is -2.30. The summed E-state index contributed by atoms with van der Waals surface area (Å²) in [6.07, 6.45) is -0.132. The zero-order valence-corrected chi connectivity index (χ0v) is 15.3. The molecule has 27 heavy (non-hydrogen) atoms. The van der Waals surface area contributed by atoms with E-state index in [1.54, 1.807) is 39.1 Å². The topological polar surface area (TPSA) is 116 Å². The second kappa shape index (κ2) is 7.48. The number of anilines is 2. The number of carbonyl (C=O) groups excluding carboxylic acids is 2. The highest BCUT2D eigenvalue weighted by atomic mass is 16.5. The first-order chi connectivity index (χ1) is 12.8. The number of nitrogens with zero attached hydrogens (tertiary/aromatic N) is 2. The number of carbonyl (C=O) groups is 2. The molecule has 9 nitrogen and oxygen atoms in total. The van der Waals surface area contributed by atoms with Crippen molar-refractivity contribution in [1.29, 1.82) is 0 Å². The van der Waals surface area contributed by atoms with Gasteiger partial charge in [0.05, 0.1) is 5.69 Å². The van der Waals surface area contributed by atoms with Crippen LogP contribution in [0.2, 0.25) is 0 Å². The molecule has 142 valence electrons. The fourth-order valence-electron chi connectivity index (χ4n) is 2.84. The van der Waals surface area contributed by atoms with E-state index in [0.29, 0.717) is 41.6 Å². The fourth-order valence-corrected chi connectivity index (χ4v) is 2.84. The average Bonchev–Trinajstić information content (AvgIpc) is 2.59. The van der Waals surface area contributed by atoms with Crippen molar-refractivity contribution >= 4 is 23.3 Å². The van der Waals surface area contributed by atoms with Gasteiger partial charge >= 0.3 is 6.03 Å². The number of urea groups is 1. The quantitative estimate of drug-likeness (QED) is 0.746. The van der Waals surface area contributed by atoms with Crippen molar-refractivity contribution in [1.82, 2.24) is 15.3 Å². The number of hydrogen-bond donors (Lipinski definition) is 3. The lowest BCUT2D eigenvalue weighted by molar-refractivity contribution is -0.125. The average molecular weight is 371 g/mol. The van der Waals surface area contributed by atoms with Gasteiger partial charge in [-0.2, -0.15) is 0 Å². The molecule has 0 unspecified atom stereocenters. The van der Waals surface area contributed by atoms with Crippen LogP contribution < -0.4 is 25.8 Å². The van der Waals surface area contributed by atoms with Crippen molar-refractivity contribution < 1.29 is 14.3 Å². The summed E-state index contributed by atoms with van der Waals surface area (Å²) in [6, 6.07) is 6.12. The third-order valence-corrected chi connectivity index (χ3v) is 4.14. The Hall–Kier alpha value is -3.36. The molecular weight excluding hydrogens is 350 g/mol. The zero-order chi connectivity index (χ0) is 19.6. The smallest absolute Gasteiger partial charge is 0.319 e. The SMILES string of the molecule is Cc1nc(CCNC(=O)Nc2ccc3c(c2)O[C@@H](C)C(=O)N3C)cc(=O)[nH]1. The molecule has 0 spiro atoms. The number of aromatic nitrogens is 2. The molecular formula is C18H21N5O4. The summed E-state index contributed by atoms with van der Waals surface area (Å²) in [4.78, 5) is 43.7. The Morgan fingerprint density at radius 3 is 2.85 bits per heavy atom. The van der Waals surface area contributed by atoms with E-state index in [4.69, 9.17) is 4.74 Å². The number of amides is 3. The van der Waals surface area contributed by atoms with Gasteiger partial charge in [0, 0.05) is 43.5 Å². The lowest BCUT2D eigenvalue weighted by atomic mass is 10.2. The molecule has 0 aliphatic carbocycles. The molecule has 1 aliphatic rings. The number of fused-ring (bicyclic) bond motifs is 1. The second-order valence-corrected chi connectivity index (χ2v) is 6.29. The molecule has 3 rings (SSSR count). The van der Waals surface area contributed by atoms with Crippen LogP contribution in [0.4, 0.5) is 16.2 Å². The summed E-state index contributed by atoms with van der Waals surface area (Å²) in [5, 5.41) is 5.44. The first-order valence-corrected chi connectivity index (χ1v) is 8.53. The van der Waals surface area contributed by atoms with Crippen molar-refractivity contribution in [3.63, 3.8) is 0 Å². The predicted octanol–water partition coefficient (Wildman–Crippen LogP) is 1.19. The Labute approximate surface area is 155 Å². The highest BCUT2D eigenvalue weighted by Gasteiger charge is 2.28. The minimum absolute atomic E-state index is 0.121. The number of benzene rings is 1.